The molecule has 0 saturated carbocycles. The summed E-state index contributed by atoms with van der Waals surface area (Å²) in [6.45, 7) is 0.144. The van der Waals surface area contributed by atoms with Crippen molar-refractivity contribution in [2.45, 2.75) is 12.1 Å². The van der Waals surface area contributed by atoms with E-state index in [4.69, 9.17) is 11.6 Å². The summed E-state index contributed by atoms with van der Waals surface area (Å²) < 4.78 is 13.7. The number of halogens is 2. The van der Waals surface area contributed by atoms with Crippen molar-refractivity contribution in [1.29, 1.82) is 0 Å². The molecule has 0 spiro atoms. The molecule has 1 unspecified atom stereocenters. The number of nitrogens with zero attached hydrogens (tertiary/aromatic N) is 1. The molecule has 132 valence electrons. The highest BCUT2D eigenvalue weighted by atomic mass is 35.5. The highest BCUT2D eigenvalue weighted by Gasteiger charge is 2.50. The lowest BCUT2D eigenvalue weighted by atomic mass is 9.89. The van der Waals surface area contributed by atoms with Crippen molar-refractivity contribution < 1.29 is 18.8 Å². The number of carbonyl (C=O) groups excluding carboxylic acids is 3. The van der Waals surface area contributed by atoms with Crippen LogP contribution in [0.2, 0.25) is 5.02 Å². The zero-order valence-corrected chi connectivity index (χ0v) is 14.1. The third-order valence-electron chi connectivity index (χ3n) is 4.64. The lowest BCUT2D eigenvalue weighted by Gasteiger charge is -2.31. The third-order valence-corrected chi connectivity index (χ3v) is 4.87. The lowest BCUT2D eigenvalue weighted by molar-refractivity contribution is -0.124. The average molecular weight is 374 g/mol. The van der Waals surface area contributed by atoms with Gasteiger partial charge in [0, 0.05) is 17.1 Å². The first kappa shape index (κ1) is 16.5. The molecule has 2 aromatic rings. The molecule has 1 fully saturated rings. The van der Waals surface area contributed by atoms with Crippen LogP contribution in [0.5, 0.6) is 0 Å². The molecule has 2 aliphatic rings. The first-order chi connectivity index (χ1) is 12.4. The minimum absolute atomic E-state index is 0.126. The molecule has 2 aromatic carbocycles. The average Bonchev–Trinajstić information content (AvgIpc) is 3.05. The summed E-state index contributed by atoms with van der Waals surface area (Å²) in [6.07, 6.45) is 0. The number of nitrogens with one attached hydrogen (secondary N) is 2. The van der Waals surface area contributed by atoms with Crippen LogP contribution in [-0.4, -0.2) is 29.3 Å². The quantitative estimate of drug-likeness (QED) is 0.809. The van der Waals surface area contributed by atoms with Gasteiger partial charge in [-0.3, -0.25) is 14.9 Å². The van der Waals surface area contributed by atoms with Crippen LogP contribution < -0.4 is 10.6 Å². The zero-order chi connectivity index (χ0) is 18.5. The first-order valence-corrected chi connectivity index (χ1v) is 8.24. The second-order valence-electron chi connectivity index (χ2n) is 6.29. The Morgan fingerprint density at radius 2 is 1.96 bits per heavy atom. The van der Waals surface area contributed by atoms with E-state index in [0.29, 0.717) is 10.6 Å². The van der Waals surface area contributed by atoms with Crippen LogP contribution >= 0.6 is 11.6 Å². The van der Waals surface area contributed by atoms with E-state index in [1.165, 1.54) is 23.1 Å². The van der Waals surface area contributed by atoms with Crippen LogP contribution in [0.1, 0.15) is 21.5 Å². The highest BCUT2D eigenvalue weighted by molar-refractivity contribution is 6.31. The first-order valence-electron chi connectivity index (χ1n) is 7.86. The summed E-state index contributed by atoms with van der Waals surface area (Å²) in [5.41, 5.74) is -0.0569. The van der Waals surface area contributed by atoms with Gasteiger partial charge in [0.05, 0.1) is 6.54 Å². The van der Waals surface area contributed by atoms with E-state index < -0.39 is 23.3 Å². The molecule has 0 aliphatic carbocycles. The Hall–Kier alpha value is -2.93. The molecule has 4 rings (SSSR count). The predicted octanol–water partition coefficient (Wildman–Crippen LogP) is 2.17. The number of urea groups is 1. The van der Waals surface area contributed by atoms with Gasteiger partial charge in [-0.05, 0) is 35.4 Å². The van der Waals surface area contributed by atoms with E-state index in [2.05, 4.69) is 10.6 Å². The fourth-order valence-corrected chi connectivity index (χ4v) is 3.57. The SMILES string of the molecule is O=C1NC(=O)C(CN2Cc3ccc(Cl)cc3C2=O)(c2cccc(F)c2)N1. The Kier molecular flexibility index (Phi) is 3.69. The maximum Gasteiger partial charge on any atom is 0.322 e. The number of imide groups is 1. The smallest absolute Gasteiger partial charge is 0.322 e. The standard InChI is InChI=1S/C18H13ClFN3O3/c19-12-5-4-10-8-23(15(24)14(10)7-12)9-18(16(25)21-17(26)22-18)11-2-1-3-13(20)6-11/h1-7H,8-9H2,(H2,21,22,25,26). The highest BCUT2D eigenvalue weighted by Crippen LogP contribution is 2.32. The molecule has 0 aromatic heterocycles. The molecule has 8 heteroatoms. The second-order valence-corrected chi connectivity index (χ2v) is 6.72. The number of hydrogen-bond donors (Lipinski definition) is 2. The maximum absolute atomic E-state index is 13.7. The summed E-state index contributed by atoms with van der Waals surface area (Å²) in [5, 5.41) is 5.17. The minimum atomic E-state index is -1.55. The number of amides is 4. The molecule has 0 radical (unpaired) electrons. The Morgan fingerprint density at radius 1 is 1.15 bits per heavy atom. The molecule has 1 atom stereocenters. The topological polar surface area (TPSA) is 78.5 Å². The van der Waals surface area contributed by atoms with Gasteiger partial charge in [0.2, 0.25) is 0 Å². The molecule has 26 heavy (non-hydrogen) atoms. The Bertz CT molecular complexity index is 964. The van der Waals surface area contributed by atoms with Crippen LogP contribution in [0.3, 0.4) is 0 Å². The number of carbonyl (C=O) groups is 3. The van der Waals surface area contributed by atoms with Crippen molar-refractivity contribution in [3.8, 4) is 0 Å². The molecule has 0 bridgehead atoms. The largest absolute Gasteiger partial charge is 0.331 e. The fourth-order valence-electron chi connectivity index (χ4n) is 3.40. The molecule has 1 saturated heterocycles. The molecule has 6 nitrogen and oxygen atoms in total. The monoisotopic (exact) mass is 373 g/mol. The summed E-state index contributed by atoms with van der Waals surface area (Å²) in [7, 11) is 0. The van der Waals surface area contributed by atoms with Gasteiger partial charge in [0.25, 0.3) is 11.8 Å². The second kappa shape index (κ2) is 5.81. The molecule has 2 N–H and O–H groups in total. The van der Waals surface area contributed by atoms with Crippen LogP contribution in [0.4, 0.5) is 9.18 Å². The van der Waals surface area contributed by atoms with E-state index in [0.717, 1.165) is 5.56 Å². The number of benzene rings is 2. The van der Waals surface area contributed by atoms with E-state index >= 15 is 0 Å². The number of fused-ring (bicyclic) bond motifs is 1. The van der Waals surface area contributed by atoms with Crippen LogP contribution in [0.15, 0.2) is 42.5 Å². The van der Waals surface area contributed by atoms with Gasteiger partial charge < -0.3 is 10.2 Å². The summed E-state index contributed by atoms with van der Waals surface area (Å²) >= 11 is 5.96. The van der Waals surface area contributed by atoms with Crippen molar-refractivity contribution in [2.75, 3.05) is 6.54 Å². The van der Waals surface area contributed by atoms with Gasteiger partial charge in [-0.25, -0.2) is 9.18 Å². The predicted molar refractivity (Wildman–Crippen MR) is 90.9 cm³/mol. The van der Waals surface area contributed by atoms with Crippen molar-refractivity contribution in [2.24, 2.45) is 0 Å². The maximum atomic E-state index is 13.7. The Balaban J connectivity index is 1.73. The molecule has 2 aliphatic heterocycles. The third kappa shape index (κ3) is 2.52. The zero-order valence-electron chi connectivity index (χ0n) is 13.4. The van der Waals surface area contributed by atoms with Crippen molar-refractivity contribution in [3.05, 3.63) is 70.0 Å². The van der Waals surface area contributed by atoms with Crippen LogP contribution in [0, 0.1) is 5.82 Å². The van der Waals surface area contributed by atoms with Crippen LogP contribution in [-0.2, 0) is 16.9 Å². The van der Waals surface area contributed by atoms with Gasteiger partial charge in [0.15, 0.2) is 5.54 Å². The number of hydrogen-bond acceptors (Lipinski definition) is 3. The molecular formula is C18H13ClFN3O3. The van der Waals surface area contributed by atoms with Crippen molar-refractivity contribution in [3.63, 3.8) is 0 Å². The van der Waals surface area contributed by atoms with E-state index in [9.17, 15) is 18.8 Å². The van der Waals surface area contributed by atoms with E-state index in [1.54, 1.807) is 24.3 Å². The normalized spacial score (nSPS) is 21.6. The molecule has 4 amide bonds. The minimum Gasteiger partial charge on any atom is -0.331 e. The lowest BCUT2D eigenvalue weighted by Crippen LogP contribution is -2.52. The summed E-state index contributed by atoms with van der Waals surface area (Å²) in [4.78, 5) is 38.5. The van der Waals surface area contributed by atoms with Gasteiger partial charge in [-0.2, -0.15) is 0 Å². The van der Waals surface area contributed by atoms with E-state index in [1.807, 2.05) is 0 Å². The Labute approximate surface area is 152 Å². The Morgan fingerprint density at radius 3 is 2.65 bits per heavy atom. The van der Waals surface area contributed by atoms with Gasteiger partial charge in [-0.15, -0.1) is 0 Å². The number of rotatable bonds is 3. The molecule has 2 heterocycles. The molecular weight excluding hydrogens is 361 g/mol. The van der Waals surface area contributed by atoms with Crippen LogP contribution in [0.25, 0.3) is 0 Å². The van der Waals surface area contributed by atoms with Crippen molar-refractivity contribution >= 4 is 29.4 Å². The fraction of sp³-hybridized carbons (Fsp3) is 0.167. The van der Waals surface area contributed by atoms with Crippen molar-refractivity contribution in [1.82, 2.24) is 15.5 Å². The van der Waals surface area contributed by atoms with Gasteiger partial charge >= 0.3 is 6.03 Å². The van der Waals surface area contributed by atoms with E-state index in [-0.39, 0.29) is 24.6 Å². The van der Waals surface area contributed by atoms with Gasteiger partial charge in [-0.1, -0.05) is 29.8 Å². The summed E-state index contributed by atoms with van der Waals surface area (Å²) in [6, 6.07) is 9.72. The van der Waals surface area contributed by atoms with Gasteiger partial charge in [0.1, 0.15) is 5.82 Å². The summed E-state index contributed by atoms with van der Waals surface area (Å²) in [5.74, 6) is -1.47.